The van der Waals surface area contributed by atoms with E-state index in [2.05, 4.69) is 39.5 Å². The van der Waals surface area contributed by atoms with E-state index in [9.17, 15) is 0 Å². The number of aliphatic hydroxyl groups is 3. The molecule has 0 aromatic rings. The molecule has 3 nitrogen and oxygen atoms in total. The van der Waals surface area contributed by atoms with E-state index in [1.807, 2.05) is 0 Å². The number of aliphatic hydroxyl groups excluding tert-OH is 3. The molecule has 0 amide bonds. The predicted octanol–water partition coefficient (Wildman–Crippen LogP) is 2.93. The summed E-state index contributed by atoms with van der Waals surface area (Å²) < 4.78 is 1.51. The molecule has 3 N–H and O–H groups in total. The molecule has 0 spiro atoms. The molecule has 0 aromatic heterocycles. The predicted molar refractivity (Wildman–Crippen MR) is 78.5 cm³/mol. The zero-order valence-electron chi connectivity index (χ0n) is 13.4. The fourth-order valence-corrected chi connectivity index (χ4v) is 0.929. The number of rotatable bonds is 0. The number of hydrogen-bond donors (Lipinski definition) is 3. The molecule has 0 unspecified atom stereocenters. The van der Waals surface area contributed by atoms with Crippen LogP contribution in [0, 0.1) is 0 Å². The second-order valence-corrected chi connectivity index (χ2v) is 5.99. The second kappa shape index (κ2) is 16.1. The summed E-state index contributed by atoms with van der Waals surface area (Å²) in [4.78, 5) is 0. The Kier molecular flexibility index (Phi) is 20.5. The average molecular weight is 307 g/mol. The first-order valence-electron chi connectivity index (χ1n) is 6.62. The van der Waals surface area contributed by atoms with Crippen molar-refractivity contribution in [2.75, 3.05) is 0 Å². The van der Waals surface area contributed by atoms with Crippen molar-refractivity contribution in [3.63, 3.8) is 0 Å². The molecule has 0 bridgehead atoms. The molecular weight excluding hydrogens is 276 g/mol. The molecular formula is C15H31O3Ti. The minimum absolute atomic E-state index is 0.167. The summed E-state index contributed by atoms with van der Waals surface area (Å²) in [5.41, 5.74) is 1.44. The van der Waals surface area contributed by atoms with Gasteiger partial charge < -0.3 is 15.3 Å². The molecule has 4 heteroatoms. The summed E-state index contributed by atoms with van der Waals surface area (Å²) in [7, 11) is 0. The van der Waals surface area contributed by atoms with Crippen LogP contribution in [0.25, 0.3) is 0 Å². The normalized spacial score (nSPS) is 12.6. The van der Waals surface area contributed by atoms with Gasteiger partial charge in [0.05, 0.1) is 0 Å². The van der Waals surface area contributed by atoms with E-state index in [4.69, 9.17) is 15.3 Å². The van der Waals surface area contributed by atoms with Crippen molar-refractivity contribution in [2.24, 2.45) is 0 Å². The molecule has 1 aliphatic carbocycles. The summed E-state index contributed by atoms with van der Waals surface area (Å²) in [6.07, 6.45) is 5.05. The third kappa shape index (κ3) is 46.0. The first-order chi connectivity index (χ1) is 8.50. The first kappa shape index (κ1) is 24.1. The monoisotopic (exact) mass is 307 g/mol. The maximum atomic E-state index is 8.06. The Morgan fingerprint density at radius 1 is 0.895 bits per heavy atom. The molecule has 0 radical (unpaired) electrons. The molecule has 113 valence electrons. The van der Waals surface area contributed by atoms with Crippen molar-refractivity contribution in [2.45, 2.75) is 73.2 Å². The Hall–Kier alpha value is 0.0743. The van der Waals surface area contributed by atoms with Crippen LogP contribution in [0.15, 0.2) is 21.6 Å². The third-order valence-corrected chi connectivity index (χ3v) is 2.10. The molecule has 1 rings (SSSR count). The Labute approximate surface area is 130 Å². The van der Waals surface area contributed by atoms with Gasteiger partial charge in [-0.05, 0) is 41.5 Å². The van der Waals surface area contributed by atoms with Gasteiger partial charge >= 0.3 is 55.4 Å². The minimum atomic E-state index is -0.167. The fourth-order valence-electron chi connectivity index (χ4n) is 0.615. The Balaban J connectivity index is -0.000000189. The van der Waals surface area contributed by atoms with E-state index in [-0.39, 0.29) is 18.3 Å². The average Bonchev–Trinajstić information content (AvgIpc) is 2.47. The molecule has 0 heterocycles. The van der Waals surface area contributed by atoms with Crippen molar-refractivity contribution in [3.8, 4) is 0 Å². The standard InChI is InChI=1S/C6H7.3C3H8O.Ti/c1-6-4-2-3-5-6;3*1-3(2)4;/h2,4H,3H2,1H3;3*3-4H,1-2H3;. The van der Waals surface area contributed by atoms with Gasteiger partial charge in [0, 0.05) is 18.3 Å². The summed E-state index contributed by atoms with van der Waals surface area (Å²) in [5.74, 6) is 0. The molecule has 0 saturated heterocycles. The third-order valence-electron chi connectivity index (χ3n) is 1.17. The summed E-state index contributed by atoms with van der Waals surface area (Å²) in [6, 6.07) is 0. The van der Waals surface area contributed by atoms with Gasteiger partial charge in [0.2, 0.25) is 0 Å². The summed E-state index contributed by atoms with van der Waals surface area (Å²) in [6.45, 7) is 12.5. The maximum absolute atomic E-state index is 8.06. The van der Waals surface area contributed by atoms with Gasteiger partial charge in [-0.2, -0.15) is 0 Å². The number of hydrogen-bond acceptors (Lipinski definition) is 3. The Bertz CT molecular complexity index is 221. The summed E-state index contributed by atoms with van der Waals surface area (Å²) >= 11 is 2.18. The van der Waals surface area contributed by atoms with Crippen LogP contribution in [-0.2, 0) is 20.4 Å². The van der Waals surface area contributed by atoms with Crippen LogP contribution in [0.3, 0.4) is 0 Å². The van der Waals surface area contributed by atoms with Crippen molar-refractivity contribution >= 4 is 0 Å². The first-order valence-corrected chi connectivity index (χ1v) is 7.40. The van der Waals surface area contributed by atoms with Crippen molar-refractivity contribution in [3.05, 3.63) is 21.6 Å². The van der Waals surface area contributed by atoms with Crippen LogP contribution in [0.2, 0.25) is 0 Å². The van der Waals surface area contributed by atoms with Gasteiger partial charge in [-0.1, -0.05) is 0 Å². The molecule has 0 saturated carbocycles. The molecule has 1 aliphatic rings. The second-order valence-electron chi connectivity index (χ2n) is 5.05. The van der Waals surface area contributed by atoms with Crippen LogP contribution in [0.1, 0.15) is 54.9 Å². The van der Waals surface area contributed by atoms with E-state index in [1.165, 1.54) is 15.9 Å². The fraction of sp³-hybridized carbons (Fsp3) is 0.733. The molecule has 0 aliphatic heterocycles. The molecule has 0 fully saturated rings. The van der Waals surface area contributed by atoms with Crippen LogP contribution in [0.5, 0.6) is 0 Å². The van der Waals surface area contributed by atoms with E-state index >= 15 is 0 Å². The molecule has 19 heavy (non-hydrogen) atoms. The Morgan fingerprint density at radius 2 is 1.16 bits per heavy atom. The SMILES string of the molecule is CC(C)O.CC(C)O.CC(C)O.CC1=[C]([Ti])CC=C1. The van der Waals surface area contributed by atoms with Crippen molar-refractivity contribution < 1.29 is 35.8 Å². The zero-order valence-corrected chi connectivity index (χ0v) is 15.0. The van der Waals surface area contributed by atoms with Gasteiger partial charge in [0.1, 0.15) is 0 Å². The Morgan fingerprint density at radius 3 is 1.21 bits per heavy atom. The van der Waals surface area contributed by atoms with E-state index in [0.717, 1.165) is 0 Å². The van der Waals surface area contributed by atoms with Gasteiger partial charge in [-0.3, -0.25) is 0 Å². The van der Waals surface area contributed by atoms with E-state index in [1.54, 1.807) is 41.5 Å². The molecule has 0 atom stereocenters. The number of allylic oxidation sites excluding steroid dienone is 4. The quantitative estimate of drug-likeness (QED) is 0.603. The van der Waals surface area contributed by atoms with Gasteiger partial charge in [-0.25, -0.2) is 0 Å². The molecule has 0 aromatic carbocycles. The van der Waals surface area contributed by atoms with E-state index in [0.29, 0.717) is 0 Å². The van der Waals surface area contributed by atoms with Gasteiger partial charge in [-0.15, -0.1) is 0 Å². The van der Waals surface area contributed by atoms with Gasteiger partial charge in [0.25, 0.3) is 0 Å². The van der Waals surface area contributed by atoms with Crippen LogP contribution in [0.4, 0.5) is 0 Å². The van der Waals surface area contributed by atoms with Crippen LogP contribution in [-0.4, -0.2) is 33.6 Å². The van der Waals surface area contributed by atoms with Crippen LogP contribution < -0.4 is 0 Å². The van der Waals surface area contributed by atoms with Crippen LogP contribution >= 0.6 is 0 Å². The topological polar surface area (TPSA) is 60.7 Å². The van der Waals surface area contributed by atoms with Crippen molar-refractivity contribution in [1.29, 1.82) is 0 Å². The van der Waals surface area contributed by atoms with Gasteiger partial charge in [0.15, 0.2) is 0 Å². The van der Waals surface area contributed by atoms with Crippen molar-refractivity contribution in [1.82, 2.24) is 0 Å². The van der Waals surface area contributed by atoms with E-state index < -0.39 is 0 Å². The zero-order chi connectivity index (χ0) is 16.0. The summed E-state index contributed by atoms with van der Waals surface area (Å²) in [5, 5.41) is 24.2.